The van der Waals surface area contributed by atoms with Gasteiger partial charge in [-0.1, -0.05) is 29.8 Å². The van der Waals surface area contributed by atoms with Crippen molar-refractivity contribution in [1.82, 2.24) is 5.32 Å². The lowest BCUT2D eigenvalue weighted by atomic mass is 10.2. The molecule has 1 amide bonds. The molecule has 0 fully saturated rings. The van der Waals surface area contributed by atoms with Crippen LogP contribution in [0, 0.1) is 11.6 Å². The fraction of sp³-hybridized carbons (Fsp3) is 0.136. The summed E-state index contributed by atoms with van der Waals surface area (Å²) in [4.78, 5) is 12.3. The average Bonchev–Trinajstić information content (AvgIpc) is 2.76. The van der Waals surface area contributed by atoms with E-state index in [1.165, 1.54) is 48.2 Å². The number of carbonyl (C=O) groups excluding carboxylic acids is 1. The third-order valence-electron chi connectivity index (χ3n) is 4.34. The van der Waals surface area contributed by atoms with E-state index in [9.17, 15) is 22.0 Å². The van der Waals surface area contributed by atoms with Crippen LogP contribution in [-0.4, -0.2) is 26.6 Å². The Bertz CT molecular complexity index is 1210. The van der Waals surface area contributed by atoms with Gasteiger partial charge in [0.15, 0.2) is 0 Å². The van der Waals surface area contributed by atoms with Gasteiger partial charge in [-0.2, -0.15) is 11.8 Å². The number of amides is 1. The lowest BCUT2D eigenvalue weighted by Gasteiger charge is -2.11. The molecular formula is C22H19ClF2N2O3S2. The minimum absolute atomic E-state index is 0.00718. The molecule has 0 unspecified atom stereocenters. The molecule has 0 aliphatic rings. The van der Waals surface area contributed by atoms with Crippen molar-refractivity contribution in [1.29, 1.82) is 0 Å². The number of sulfonamides is 1. The Morgan fingerprint density at radius 3 is 2.44 bits per heavy atom. The summed E-state index contributed by atoms with van der Waals surface area (Å²) >= 11 is 7.54. The second-order valence-electron chi connectivity index (χ2n) is 6.65. The Hall–Kier alpha value is -2.62. The SMILES string of the molecule is O=C(NCCSCc1ccccc1F)c1cc(S(=O)(=O)Nc2ccc(F)cc2)ccc1Cl. The van der Waals surface area contributed by atoms with E-state index >= 15 is 0 Å². The number of hydrogen-bond donors (Lipinski definition) is 2. The summed E-state index contributed by atoms with van der Waals surface area (Å²) in [7, 11) is -4.01. The van der Waals surface area contributed by atoms with Crippen LogP contribution in [0.3, 0.4) is 0 Å². The third-order valence-corrected chi connectivity index (χ3v) is 7.05. The van der Waals surface area contributed by atoms with E-state index in [1.54, 1.807) is 18.2 Å². The zero-order valence-corrected chi connectivity index (χ0v) is 19.0. The molecule has 0 aliphatic carbocycles. The van der Waals surface area contributed by atoms with Gasteiger partial charge in [-0.3, -0.25) is 9.52 Å². The molecule has 3 aromatic rings. The molecule has 2 N–H and O–H groups in total. The number of nitrogens with one attached hydrogen (secondary N) is 2. The molecule has 3 rings (SSSR count). The molecule has 0 radical (unpaired) electrons. The predicted octanol–water partition coefficient (Wildman–Crippen LogP) is 5.08. The molecule has 0 aromatic heterocycles. The fourth-order valence-electron chi connectivity index (χ4n) is 2.71. The summed E-state index contributed by atoms with van der Waals surface area (Å²) in [6.45, 7) is 0.291. The molecule has 0 bridgehead atoms. The van der Waals surface area contributed by atoms with Crippen LogP contribution in [0.1, 0.15) is 15.9 Å². The first-order chi connectivity index (χ1) is 15.3. The van der Waals surface area contributed by atoms with Gasteiger partial charge < -0.3 is 5.32 Å². The van der Waals surface area contributed by atoms with Gasteiger partial charge in [0, 0.05) is 23.7 Å². The smallest absolute Gasteiger partial charge is 0.261 e. The number of halogens is 3. The number of anilines is 1. The highest BCUT2D eigenvalue weighted by molar-refractivity contribution is 7.98. The van der Waals surface area contributed by atoms with E-state index in [0.717, 1.165) is 12.1 Å². The fourth-order valence-corrected chi connectivity index (χ4v) is 4.84. The van der Waals surface area contributed by atoms with E-state index in [-0.39, 0.29) is 27.0 Å². The Morgan fingerprint density at radius 2 is 1.72 bits per heavy atom. The number of carbonyl (C=O) groups is 1. The van der Waals surface area contributed by atoms with E-state index < -0.39 is 21.7 Å². The molecule has 0 spiro atoms. The molecule has 0 saturated heterocycles. The molecule has 32 heavy (non-hydrogen) atoms. The van der Waals surface area contributed by atoms with Crippen molar-refractivity contribution in [2.45, 2.75) is 10.6 Å². The highest BCUT2D eigenvalue weighted by Gasteiger charge is 2.19. The van der Waals surface area contributed by atoms with E-state index in [0.29, 0.717) is 23.6 Å². The zero-order chi connectivity index (χ0) is 23.1. The van der Waals surface area contributed by atoms with Gasteiger partial charge >= 0.3 is 0 Å². The maximum absolute atomic E-state index is 13.6. The van der Waals surface area contributed by atoms with Crippen molar-refractivity contribution in [2.24, 2.45) is 0 Å². The molecule has 0 saturated carbocycles. The van der Waals surface area contributed by atoms with Crippen molar-refractivity contribution in [3.05, 3.63) is 94.5 Å². The van der Waals surface area contributed by atoms with Crippen LogP contribution in [0.5, 0.6) is 0 Å². The maximum Gasteiger partial charge on any atom is 0.261 e. The van der Waals surface area contributed by atoms with Gasteiger partial charge in [0.25, 0.3) is 15.9 Å². The topological polar surface area (TPSA) is 75.3 Å². The molecule has 168 valence electrons. The Balaban J connectivity index is 1.60. The van der Waals surface area contributed by atoms with Crippen molar-refractivity contribution < 1.29 is 22.0 Å². The average molecular weight is 497 g/mol. The summed E-state index contributed by atoms with van der Waals surface area (Å²) in [5, 5.41) is 2.78. The summed E-state index contributed by atoms with van der Waals surface area (Å²) in [5.41, 5.74) is 0.769. The van der Waals surface area contributed by atoms with Gasteiger partial charge in [0.2, 0.25) is 0 Å². The second-order valence-corrected chi connectivity index (χ2v) is 9.85. The van der Waals surface area contributed by atoms with Gasteiger partial charge in [0.1, 0.15) is 11.6 Å². The van der Waals surface area contributed by atoms with Crippen LogP contribution < -0.4 is 10.0 Å². The largest absolute Gasteiger partial charge is 0.351 e. The van der Waals surface area contributed by atoms with Crippen LogP contribution in [0.2, 0.25) is 5.02 Å². The van der Waals surface area contributed by atoms with Gasteiger partial charge in [-0.05, 0) is 54.1 Å². The molecule has 0 heterocycles. The van der Waals surface area contributed by atoms with E-state index in [4.69, 9.17) is 11.6 Å². The standard InChI is InChI=1S/C22H19ClF2N2O3S2/c23-20-10-9-18(32(29,30)27-17-7-5-16(24)6-8-17)13-19(20)22(28)26-11-12-31-14-15-3-1-2-4-21(15)25/h1-10,13,27H,11-12,14H2,(H,26,28). The predicted molar refractivity (Wildman–Crippen MR) is 124 cm³/mol. The van der Waals surface area contributed by atoms with Crippen molar-refractivity contribution >= 4 is 45.0 Å². The highest BCUT2D eigenvalue weighted by Crippen LogP contribution is 2.23. The maximum atomic E-state index is 13.6. The Morgan fingerprint density at radius 1 is 1.00 bits per heavy atom. The van der Waals surface area contributed by atoms with Crippen molar-refractivity contribution in [2.75, 3.05) is 17.0 Å². The zero-order valence-electron chi connectivity index (χ0n) is 16.6. The quantitative estimate of drug-likeness (QED) is 0.405. The summed E-state index contributed by atoms with van der Waals surface area (Å²) in [6.07, 6.45) is 0. The van der Waals surface area contributed by atoms with Crippen molar-refractivity contribution in [3.8, 4) is 0 Å². The molecule has 5 nitrogen and oxygen atoms in total. The molecule has 10 heteroatoms. The first kappa shape index (κ1) is 24.0. The lowest BCUT2D eigenvalue weighted by Crippen LogP contribution is -2.26. The highest BCUT2D eigenvalue weighted by atomic mass is 35.5. The summed E-state index contributed by atoms with van der Waals surface area (Å²) in [6, 6.07) is 15.1. The summed E-state index contributed by atoms with van der Waals surface area (Å²) < 4.78 is 54.2. The van der Waals surface area contributed by atoms with Gasteiger partial charge in [-0.25, -0.2) is 17.2 Å². The van der Waals surface area contributed by atoms with Gasteiger partial charge in [-0.15, -0.1) is 0 Å². The van der Waals surface area contributed by atoms with E-state index in [1.807, 2.05) is 0 Å². The van der Waals surface area contributed by atoms with Crippen LogP contribution in [0.15, 0.2) is 71.6 Å². The lowest BCUT2D eigenvalue weighted by molar-refractivity contribution is 0.0956. The molecular weight excluding hydrogens is 478 g/mol. The monoisotopic (exact) mass is 496 g/mol. The minimum atomic E-state index is -4.01. The minimum Gasteiger partial charge on any atom is -0.351 e. The van der Waals surface area contributed by atoms with Crippen LogP contribution in [0.4, 0.5) is 14.5 Å². The first-order valence-electron chi connectivity index (χ1n) is 9.43. The van der Waals surface area contributed by atoms with Crippen LogP contribution >= 0.6 is 23.4 Å². The second kappa shape index (κ2) is 10.8. The van der Waals surface area contributed by atoms with Gasteiger partial charge in [0.05, 0.1) is 15.5 Å². The number of rotatable bonds is 9. The normalized spacial score (nSPS) is 11.2. The number of hydrogen-bond acceptors (Lipinski definition) is 4. The number of benzene rings is 3. The molecule has 0 aliphatic heterocycles. The third kappa shape index (κ3) is 6.44. The molecule has 0 atom stereocenters. The first-order valence-corrected chi connectivity index (χ1v) is 12.4. The Labute approximate surface area is 194 Å². The summed E-state index contributed by atoms with van der Waals surface area (Å²) in [5.74, 6) is -0.303. The Kier molecular flexibility index (Phi) is 8.11. The van der Waals surface area contributed by atoms with Crippen molar-refractivity contribution in [3.63, 3.8) is 0 Å². The van der Waals surface area contributed by atoms with Crippen LogP contribution in [0.25, 0.3) is 0 Å². The number of thioether (sulfide) groups is 1. The van der Waals surface area contributed by atoms with Crippen LogP contribution in [-0.2, 0) is 15.8 Å². The van der Waals surface area contributed by atoms with E-state index in [2.05, 4.69) is 10.0 Å². The molecule has 3 aromatic carbocycles.